The SMILES string of the molecule is NC(Cc1c(Cl)cccc1Cl)C1CCCCC1. The van der Waals surface area contributed by atoms with Crippen LogP contribution >= 0.6 is 23.2 Å². The summed E-state index contributed by atoms with van der Waals surface area (Å²) < 4.78 is 0. The lowest BCUT2D eigenvalue weighted by Gasteiger charge is -2.28. The lowest BCUT2D eigenvalue weighted by atomic mass is 9.82. The van der Waals surface area contributed by atoms with Gasteiger partial charge in [-0.2, -0.15) is 0 Å². The van der Waals surface area contributed by atoms with Gasteiger partial charge in [0.2, 0.25) is 0 Å². The molecule has 1 atom stereocenters. The van der Waals surface area contributed by atoms with Crippen LogP contribution in [0.1, 0.15) is 37.7 Å². The van der Waals surface area contributed by atoms with E-state index in [2.05, 4.69) is 0 Å². The summed E-state index contributed by atoms with van der Waals surface area (Å²) in [4.78, 5) is 0. The number of hydrogen-bond acceptors (Lipinski definition) is 1. The van der Waals surface area contributed by atoms with E-state index >= 15 is 0 Å². The summed E-state index contributed by atoms with van der Waals surface area (Å²) in [5, 5.41) is 1.48. The number of rotatable bonds is 3. The van der Waals surface area contributed by atoms with Gasteiger partial charge in [-0.1, -0.05) is 48.5 Å². The van der Waals surface area contributed by atoms with Crippen LogP contribution in [0.15, 0.2) is 18.2 Å². The Kier molecular flexibility index (Phi) is 4.72. The Morgan fingerprint density at radius 1 is 1.12 bits per heavy atom. The van der Waals surface area contributed by atoms with Crippen molar-refractivity contribution in [2.24, 2.45) is 11.7 Å². The van der Waals surface area contributed by atoms with E-state index in [1.165, 1.54) is 32.1 Å². The highest BCUT2D eigenvalue weighted by molar-refractivity contribution is 6.35. The summed E-state index contributed by atoms with van der Waals surface area (Å²) in [7, 11) is 0. The molecular weight excluding hydrogens is 253 g/mol. The van der Waals surface area contributed by atoms with E-state index in [0.717, 1.165) is 22.0 Å². The largest absolute Gasteiger partial charge is 0.327 e. The van der Waals surface area contributed by atoms with Gasteiger partial charge in [-0.05, 0) is 42.9 Å². The Labute approximate surface area is 113 Å². The first-order valence-electron chi connectivity index (χ1n) is 6.37. The zero-order valence-corrected chi connectivity index (χ0v) is 11.5. The first-order chi connectivity index (χ1) is 8.18. The Balaban J connectivity index is 2.04. The lowest BCUT2D eigenvalue weighted by Crippen LogP contribution is -2.33. The van der Waals surface area contributed by atoms with Gasteiger partial charge in [0.1, 0.15) is 0 Å². The maximum Gasteiger partial charge on any atom is 0.0453 e. The van der Waals surface area contributed by atoms with Crippen molar-refractivity contribution in [3.05, 3.63) is 33.8 Å². The minimum Gasteiger partial charge on any atom is -0.327 e. The van der Waals surface area contributed by atoms with Gasteiger partial charge in [-0.15, -0.1) is 0 Å². The van der Waals surface area contributed by atoms with Crippen molar-refractivity contribution in [3.63, 3.8) is 0 Å². The van der Waals surface area contributed by atoms with Crippen LogP contribution in [0.5, 0.6) is 0 Å². The molecular formula is C14H19Cl2N. The van der Waals surface area contributed by atoms with E-state index in [4.69, 9.17) is 28.9 Å². The van der Waals surface area contributed by atoms with Crippen LogP contribution in [0.2, 0.25) is 10.0 Å². The van der Waals surface area contributed by atoms with Gasteiger partial charge in [0.05, 0.1) is 0 Å². The fraction of sp³-hybridized carbons (Fsp3) is 0.571. The van der Waals surface area contributed by atoms with Crippen LogP contribution in [-0.4, -0.2) is 6.04 Å². The van der Waals surface area contributed by atoms with Crippen LogP contribution in [0, 0.1) is 5.92 Å². The monoisotopic (exact) mass is 271 g/mol. The molecule has 1 saturated carbocycles. The number of nitrogens with two attached hydrogens (primary N) is 1. The second-order valence-corrected chi connectivity index (χ2v) is 5.78. The molecule has 2 N–H and O–H groups in total. The summed E-state index contributed by atoms with van der Waals surface area (Å²) in [5.41, 5.74) is 7.31. The van der Waals surface area contributed by atoms with E-state index in [1.807, 2.05) is 18.2 Å². The molecule has 1 aromatic rings. The van der Waals surface area contributed by atoms with Gasteiger partial charge in [0.25, 0.3) is 0 Å². The first-order valence-corrected chi connectivity index (χ1v) is 7.12. The van der Waals surface area contributed by atoms with Gasteiger partial charge in [0.15, 0.2) is 0 Å². The van der Waals surface area contributed by atoms with Crippen LogP contribution in [0.4, 0.5) is 0 Å². The quantitative estimate of drug-likeness (QED) is 0.864. The zero-order valence-electron chi connectivity index (χ0n) is 9.96. The number of benzene rings is 1. The van der Waals surface area contributed by atoms with Crippen LogP contribution in [-0.2, 0) is 6.42 Å². The molecule has 1 aliphatic carbocycles. The molecule has 1 aromatic carbocycles. The molecule has 0 radical (unpaired) electrons. The van der Waals surface area contributed by atoms with Gasteiger partial charge in [-0.3, -0.25) is 0 Å². The highest BCUT2D eigenvalue weighted by Gasteiger charge is 2.22. The van der Waals surface area contributed by atoms with E-state index < -0.39 is 0 Å². The highest BCUT2D eigenvalue weighted by atomic mass is 35.5. The fourth-order valence-corrected chi connectivity index (χ4v) is 3.24. The van der Waals surface area contributed by atoms with Gasteiger partial charge in [-0.25, -0.2) is 0 Å². The van der Waals surface area contributed by atoms with Crippen LogP contribution in [0.25, 0.3) is 0 Å². The molecule has 0 aliphatic heterocycles. The summed E-state index contributed by atoms with van der Waals surface area (Å²) >= 11 is 12.3. The van der Waals surface area contributed by atoms with Crippen molar-refractivity contribution in [2.45, 2.75) is 44.6 Å². The number of halogens is 2. The van der Waals surface area contributed by atoms with Crippen molar-refractivity contribution in [1.82, 2.24) is 0 Å². The zero-order chi connectivity index (χ0) is 12.3. The first kappa shape index (κ1) is 13.2. The third kappa shape index (κ3) is 3.37. The topological polar surface area (TPSA) is 26.0 Å². The summed E-state index contributed by atoms with van der Waals surface area (Å²) in [5.74, 6) is 0.635. The van der Waals surface area contributed by atoms with E-state index in [-0.39, 0.29) is 6.04 Å². The Morgan fingerprint density at radius 3 is 2.29 bits per heavy atom. The molecule has 0 amide bonds. The lowest BCUT2D eigenvalue weighted by molar-refractivity contribution is 0.303. The third-order valence-electron chi connectivity index (χ3n) is 3.76. The third-order valence-corrected chi connectivity index (χ3v) is 4.47. The molecule has 17 heavy (non-hydrogen) atoms. The Hall–Kier alpha value is -0.240. The maximum atomic E-state index is 6.30. The second-order valence-electron chi connectivity index (χ2n) is 4.97. The second kappa shape index (κ2) is 6.08. The van der Waals surface area contributed by atoms with Gasteiger partial charge < -0.3 is 5.73 Å². The van der Waals surface area contributed by atoms with Crippen molar-refractivity contribution < 1.29 is 0 Å². The molecule has 0 heterocycles. The molecule has 3 heteroatoms. The molecule has 2 rings (SSSR count). The molecule has 0 bridgehead atoms. The molecule has 0 saturated heterocycles. The van der Waals surface area contributed by atoms with Crippen molar-refractivity contribution in [1.29, 1.82) is 0 Å². The number of hydrogen-bond donors (Lipinski definition) is 1. The smallest absolute Gasteiger partial charge is 0.0453 e. The molecule has 0 aromatic heterocycles. The van der Waals surface area contributed by atoms with E-state index in [9.17, 15) is 0 Å². The summed E-state index contributed by atoms with van der Waals surface area (Å²) in [6.07, 6.45) is 7.29. The Morgan fingerprint density at radius 2 is 1.71 bits per heavy atom. The molecule has 1 nitrogen and oxygen atoms in total. The molecule has 1 aliphatic rings. The Bertz CT molecular complexity index is 352. The molecule has 1 fully saturated rings. The van der Waals surface area contributed by atoms with Crippen molar-refractivity contribution in [2.75, 3.05) is 0 Å². The molecule has 1 unspecified atom stereocenters. The predicted octanol–water partition coefficient (Wildman–Crippen LogP) is 4.44. The summed E-state index contributed by atoms with van der Waals surface area (Å²) in [6, 6.07) is 5.83. The standard InChI is InChI=1S/C14H19Cl2N/c15-12-7-4-8-13(16)11(12)9-14(17)10-5-2-1-3-6-10/h4,7-8,10,14H,1-3,5-6,9,17H2. The predicted molar refractivity (Wildman–Crippen MR) is 74.7 cm³/mol. The molecule has 0 spiro atoms. The minimum absolute atomic E-state index is 0.188. The average Bonchev–Trinajstić information content (AvgIpc) is 2.35. The average molecular weight is 272 g/mol. The minimum atomic E-state index is 0.188. The van der Waals surface area contributed by atoms with E-state index in [1.54, 1.807) is 0 Å². The fourth-order valence-electron chi connectivity index (χ4n) is 2.69. The normalized spacial score (nSPS) is 19.2. The van der Waals surface area contributed by atoms with Crippen LogP contribution in [0.3, 0.4) is 0 Å². The van der Waals surface area contributed by atoms with Crippen molar-refractivity contribution >= 4 is 23.2 Å². The van der Waals surface area contributed by atoms with Crippen LogP contribution < -0.4 is 5.73 Å². The summed E-state index contributed by atoms with van der Waals surface area (Å²) in [6.45, 7) is 0. The van der Waals surface area contributed by atoms with E-state index in [0.29, 0.717) is 5.92 Å². The van der Waals surface area contributed by atoms with Gasteiger partial charge >= 0.3 is 0 Å². The molecule has 94 valence electrons. The maximum absolute atomic E-state index is 6.30. The van der Waals surface area contributed by atoms with Crippen molar-refractivity contribution in [3.8, 4) is 0 Å². The van der Waals surface area contributed by atoms with Gasteiger partial charge in [0, 0.05) is 16.1 Å². The highest BCUT2D eigenvalue weighted by Crippen LogP contribution is 2.30.